The van der Waals surface area contributed by atoms with E-state index < -0.39 is 22.0 Å². The third-order valence-corrected chi connectivity index (χ3v) is 8.71. The van der Waals surface area contributed by atoms with Crippen LogP contribution in [0.5, 0.6) is 0 Å². The van der Waals surface area contributed by atoms with Gasteiger partial charge >= 0.3 is 0 Å². The van der Waals surface area contributed by atoms with Gasteiger partial charge < -0.3 is 4.90 Å². The third-order valence-electron chi connectivity index (χ3n) is 5.71. The van der Waals surface area contributed by atoms with Crippen molar-refractivity contribution in [2.75, 3.05) is 23.3 Å². The van der Waals surface area contributed by atoms with Crippen LogP contribution in [-0.4, -0.2) is 37.6 Å². The molecule has 0 bridgehead atoms. The smallest absolute Gasteiger partial charge is 0.270 e. The van der Waals surface area contributed by atoms with E-state index in [0.29, 0.717) is 16.5 Å². The number of nitrogens with zero attached hydrogens (tertiary/aromatic N) is 3. The Morgan fingerprint density at radius 2 is 1.85 bits per heavy atom. The Balaban J connectivity index is 1.39. The molecular weight excluding hydrogens is 494 g/mol. The molecule has 1 fully saturated rings. The summed E-state index contributed by atoms with van der Waals surface area (Å²) in [5.41, 5.74) is 2.37. The van der Waals surface area contributed by atoms with Crippen LogP contribution in [0.3, 0.4) is 0 Å². The van der Waals surface area contributed by atoms with Crippen molar-refractivity contribution in [2.45, 2.75) is 37.1 Å². The summed E-state index contributed by atoms with van der Waals surface area (Å²) in [6.07, 6.45) is 2.44. The number of carbonyl (C=O) groups excluding carboxylic acids is 1. The van der Waals surface area contributed by atoms with E-state index in [1.807, 2.05) is 24.3 Å². The molecule has 1 aliphatic rings. The molecule has 2 atom stereocenters. The molecule has 0 unspecified atom stereocenters. The molecule has 0 saturated carbocycles. The Kier molecular flexibility index (Phi) is 7.51. The molecule has 11 heteroatoms. The van der Waals surface area contributed by atoms with Crippen LogP contribution in [-0.2, 0) is 10.0 Å². The van der Waals surface area contributed by atoms with Crippen molar-refractivity contribution >= 4 is 49.7 Å². The van der Waals surface area contributed by atoms with E-state index in [-0.39, 0.29) is 9.47 Å². The van der Waals surface area contributed by atoms with Gasteiger partial charge in [-0.25, -0.2) is 13.1 Å². The van der Waals surface area contributed by atoms with Crippen LogP contribution < -0.4 is 14.9 Å². The number of rotatable bonds is 7. The molecule has 1 saturated heterocycles. The summed E-state index contributed by atoms with van der Waals surface area (Å²) in [5.74, 6) is 0.244. The number of piperidine rings is 1. The lowest BCUT2D eigenvalue weighted by atomic mass is 9.99. The first-order valence-electron chi connectivity index (χ1n) is 11.0. The van der Waals surface area contributed by atoms with Crippen LogP contribution in [0.25, 0.3) is 0 Å². The molecule has 1 aliphatic heterocycles. The average Bonchev–Trinajstić information content (AvgIpc) is 3.29. The Morgan fingerprint density at radius 3 is 2.53 bits per heavy atom. The topological polar surface area (TPSA) is 104 Å². The molecule has 2 heterocycles. The average molecular weight is 520 g/mol. The van der Waals surface area contributed by atoms with Crippen LogP contribution >= 0.6 is 22.9 Å². The SMILES string of the molecule is C[C@@H]1CCCN(c2ccc([C@H](C)NS(=O)(=O)c3nnc(NC(=O)c4ccc(Cl)cc4)s3)cc2)C1. The van der Waals surface area contributed by atoms with Crippen LogP contribution in [0.1, 0.15) is 48.7 Å². The van der Waals surface area contributed by atoms with E-state index in [1.165, 1.54) is 12.8 Å². The van der Waals surface area contributed by atoms with Gasteiger partial charge in [0.05, 0.1) is 0 Å². The summed E-state index contributed by atoms with van der Waals surface area (Å²) in [4.78, 5) is 14.7. The zero-order valence-electron chi connectivity index (χ0n) is 18.9. The monoisotopic (exact) mass is 519 g/mol. The van der Waals surface area contributed by atoms with E-state index in [2.05, 4.69) is 32.1 Å². The van der Waals surface area contributed by atoms with Gasteiger partial charge in [-0.3, -0.25) is 10.1 Å². The van der Waals surface area contributed by atoms with Crippen molar-refractivity contribution in [1.82, 2.24) is 14.9 Å². The maximum atomic E-state index is 12.8. The second-order valence-corrected chi connectivity index (χ2v) is 11.8. The number of carbonyl (C=O) groups is 1. The summed E-state index contributed by atoms with van der Waals surface area (Å²) in [6, 6.07) is 13.8. The number of hydrogen-bond acceptors (Lipinski definition) is 7. The highest BCUT2D eigenvalue weighted by molar-refractivity contribution is 7.91. The zero-order valence-corrected chi connectivity index (χ0v) is 21.3. The van der Waals surface area contributed by atoms with E-state index in [0.717, 1.165) is 35.7 Å². The molecule has 4 rings (SSSR count). The van der Waals surface area contributed by atoms with Gasteiger partial charge in [0.15, 0.2) is 0 Å². The van der Waals surface area contributed by atoms with Crippen LogP contribution in [0, 0.1) is 5.92 Å². The molecule has 0 spiro atoms. The molecule has 1 aromatic heterocycles. The fraction of sp³-hybridized carbons (Fsp3) is 0.348. The Bertz CT molecular complexity index is 1250. The van der Waals surface area contributed by atoms with Crippen molar-refractivity contribution in [3.63, 3.8) is 0 Å². The molecule has 180 valence electrons. The first-order chi connectivity index (χ1) is 16.2. The second-order valence-electron chi connectivity index (χ2n) is 8.46. The number of benzene rings is 2. The predicted molar refractivity (Wildman–Crippen MR) is 135 cm³/mol. The minimum Gasteiger partial charge on any atom is -0.371 e. The van der Waals surface area contributed by atoms with Gasteiger partial charge in [-0.1, -0.05) is 42.0 Å². The number of hydrogen-bond donors (Lipinski definition) is 2. The molecular formula is C23H26ClN5O3S2. The predicted octanol–water partition coefficient (Wildman–Crippen LogP) is 4.72. The quantitative estimate of drug-likeness (QED) is 0.438. The molecule has 2 N–H and O–H groups in total. The Morgan fingerprint density at radius 1 is 1.15 bits per heavy atom. The van der Waals surface area contributed by atoms with Crippen molar-refractivity contribution < 1.29 is 13.2 Å². The maximum absolute atomic E-state index is 12.8. The van der Waals surface area contributed by atoms with Crippen LogP contribution in [0.4, 0.5) is 10.8 Å². The van der Waals surface area contributed by atoms with E-state index in [9.17, 15) is 13.2 Å². The van der Waals surface area contributed by atoms with Gasteiger partial charge in [-0.15, -0.1) is 10.2 Å². The largest absolute Gasteiger partial charge is 0.371 e. The summed E-state index contributed by atoms with van der Waals surface area (Å²) in [7, 11) is -3.92. The number of aromatic nitrogens is 2. The Hall–Kier alpha value is -2.53. The van der Waals surface area contributed by atoms with Crippen molar-refractivity contribution in [2.24, 2.45) is 5.92 Å². The van der Waals surface area contributed by atoms with E-state index in [4.69, 9.17) is 11.6 Å². The van der Waals surface area contributed by atoms with Gasteiger partial charge in [0.2, 0.25) is 9.47 Å². The molecule has 3 aromatic rings. The van der Waals surface area contributed by atoms with Gasteiger partial charge in [0.25, 0.3) is 15.9 Å². The van der Waals surface area contributed by atoms with E-state index >= 15 is 0 Å². The number of sulfonamides is 1. The standard InChI is InChI=1S/C23H26ClN5O3S2/c1-15-4-3-13-29(14-15)20-11-7-17(8-12-20)16(2)28-34(31,32)23-27-26-22(33-23)25-21(30)18-5-9-19(24)10-6-18/h5-12,15-16,28H,3-4,13-14H2,1-2H3,(H,25,26,30)/t15-,16+/m1/s1. The van der Waals surface area contributed by atoms with Crippen molar-refractivity contribution in [3.8, 4) is 0 Å². The van der Waals surface area contributed by atoms with Crippen LogP contribution in [0.2, 0.25) is 5.02 Å². The van der Waals surface area contributed by atoms with Gasteiger partial charge in [0, 0.05) is 35.4 Å². The highest BCUT2D eigenvalue weighted by Gasteiger charge is 2.24. The second kappa shape index (κ2) is 10.4. The summed E-state index contributed by atoms with van der Waals surface area (Å²) >= 11 is 6.62. The summed E-state index contributed by atoms with van der Waals surface area (Å²) < 4.78 is 28.1. The lowest BCUT2D eigenvalue weighted by Crippen LogP contribution is -2.34. The van der Waals surface area contributed by atoms with Gasteiger partial charge in [-0.05, 0) is 67.6 Å². The van der Waals surface area contributed by atoms with Crippen molar-refractivity contribution in [1.29, 1.82) is 0 Å². The summed E-state index contributed by atoms with van der Waals surface area (Å²) in [5, 5.41) is 10.7. The minimum absolute atomic E-state index is 0.0908. The fourth-order valence-corrected chi connectivity index (χ4v) is 6.16. The van der Waals surface area contributed by atoms with E-state index in [1.54, 1.807) is 31.2 Å². The fourth-order valence-electron chi connectivity index (χ4n) is 3.89. The molecule has 1 amide bonds. The highest BCUT2D eigenvalue weighted by atomic mass is 35.5. The van der Waals surface area contributed by atoms with Gasteiger partial charge in [0.1, 0.15) is 0 Å². The summed E-state index contributed by atoms with van der Waals surface area (Å²) in [6.45, 7) is 6.12. The van der Waals surface area contributed by atoms with Gasteiger partial charge in [-0.2, -0.15) is 0 Å². The number of amides is 1. The molecule has 8 nitrogen and oxygen atoms in total. The zero-order chi connectivity index (χ0) is 24.3. The van der Waals surface area contributed by atoms with Crippen LogP contribution in [0.15, 0.2) is 52.9 Å². The Labute approximate surface area is 208 Å². The number of anilines is 2. The minimum atomic E-state index is -3.92. The van der Waals surface area contributed by atoms with Crippen molar-refractivity contribution in [3.05, 3.63) is 64.7 Å². The normalized spacial score (nSPS) is 17.4. The molecule has 2 aromatic carbocycles. The lowest BCUT2D eigenvalue weighted by Gasteiger charge is -2.33. The number of nitrogens with one attached hydrogen (secondary N) is 2. The molecule has 0 aliphatic carbocycles. The number of halogens is 1. The first-order valence-corrected chi connectivity index (χ1v) is 13.7. The first kappa shape index (κ1) is 24.6. The molecule has 34 heavy (non-hydrogen) atoms. The third kappa shape index (κ3) is 5.93. The maximum Gasteiger partial charge on any atom is 0.270 e. The molecule has 0 radical (unpaired) electrons. The lowest BCUT2D eigenvalue weighted by molar-refractivity contribution is 0.102. The highest BCUT2D eigenvalue weighted by Crippen LogP contribution is 2.26.